The van der Waals surface area contributed by atoms with Crippen LogP contribution in [0.25, 0.3) is 0 Å². The number of nitrogens with one attached hydrogen (secondary N) is 1. The number of aromatic nitrogens is 2. The number of aliphatic hydroxyl groups excluding tert-OH is 1. The second-order valence-electron chi connectivity index (χ2n) is 11.8. The van der Waals surface area contributed by atoms with E-state index in [0.29, 0.717) is 17.2 Å². The molecule has 5 heteroatoms. The highest BCUT2D eigenvalue weighted by molar-refractivity contribution is 5.94. The minimum absolute atomic E-state index is 0.00292. The monoisotopic (exact) mass is 425 g/mol. The first-order chi connectivity index (χ1) is 15.0. The summed E-state index contributed by atoms with van der Waals surface area (Å²) in [6, 6.07) is 0.551. The fourth-order valence-electron chi connectivity index (χ4n) is 8.60. The Morgan fingerprint density at radius 3 is 2.32 bits per heavy atom. The van der Waals surface area contributed by atoms with E-state index in [1.54, 1.807) is 0 Å². The molecule has 7 rings (SSSR count). The fourth-order valence-corrected chi connectivity index (χ4v) is 8.60. The number of hydrogen-bond donors (Lipinski definition) is 2. The molecule has 0 aromatic carbocycles. The number of rotatable bonds is 4. The predicted octanol–water partition coefficient (Wildman–Crippen LogP) is 5.09. The van der Waals surface area contributed by atoms with Gasteiger partial charge in [0.05, 0.1) is 17.8 Å². The summed E-state index contributed by atoms with van der Waals surface area (Å²) < 4.78 is 2.07. The highest BCUT2D eigenvalue weighted by atomic mass is 16.3. The molecule has 1 aromatic heterocycles. The van der Waals surface area contributed by atoms with Crippen molar-refractivity contribution in [1.29, 1.82) is 0 Å². The number of aliphatic hydroxyl groups is 1. The molecule has 6 aliphatic carbocycles. The standard InChI is InChI=1S/C26H39N3O2/c1-16(26-13-17-10-18(14-26)12-19(11-17)15-26)27-25(31)23-21-8-5-9-22(30)24(21)29(28-23)20-6-3-2-4-7-20/h16-20,22,30H,2-15H2,1H3,(H,27,31). The summed E-state index contributed by atoms with van der Waals surface area (Å²) in [6.07, 6.45) is 16.3. The molecule has 0 aliphatic heterocycles. The van der Waals surface area contributed by atoms with Crippen molar-refractivity contribution in [2.75, 3.05) is 0 Å². The third kappa shape index (κ3) is 3.37. The van der Waals surface area contributed by atoms with Crippen LogP contribution in [0.4, 0.5) is 0 Å². The largest absolute Gasteiger partial charge is 0.387 e. The topological polar surface area (TPSA) is 67.2 Å². The Hall–Kier alpha value is -1.36. The van der Waals surface area contributed by atoms with Crippen molar-refractivity contribution in [2.45, 2.75) is 115 Å². The third-order valence-electron chi connectivity index (χ3n) is 9.76. The second kappa shape index (κ2) is 7.60. The zero-order chi connectivity index (χ0) is 21.2. The number of hydrogen-bond acceptors (Lipinski definition) is 3. The van der Waals surface area contributed by atoms with Crippen LogP contribution in [0, 0.1) is 23.2 Å². The minimum Gasteiger partial charge on any atom is -0.387 e. The lowest BCUT2D eigenvalue weighted by molar-refractivity contribution is -0.0688. The summed E-state index contributed by atoms with van der Waals surface area (Å²) in [4.78, 5) is 13.6. The van der Waals surface area contributed by atoms with Gasteiger partial charge in [0.25, 0.3) is 5.91 Å². The number of carbonyl (C=O) groups excluding carboxylic acids is 1. The Bertz CT molecular complexity index is 818. The molecule has 5 fully saturated rings. The van der Waals surface area contributed by atoms with Gasteiger partial charge in [0.15, 0.2) is 5.69 Å². The van der Waals surface area contributed by atoms with Crippen LogP contribution in [0.1, 0.15) is 124 Å². The molecule has 0 spiro atoms. The normalized spacial score (nSPS) is 38.1. The quantitative estimate of drug-likeness (QED) is 0.706. The summed E-state index contributed by atoms with van der Waals surface area (Å²) in [5, 5.41) is 19.2. The van der Waals surface area contributed by atoms with Crippen molar-refractivity contribution in [2.24, 2.45) is 23.2 Å². The highest BCUT2D eigenvalue weighted by Gasteiger charge is 2.53. The van der Waals surface area contributed by atoms with Crippen LogP contribution in [0.5, 0.6) is 0 Å². The first kappa shape index (κ1) is 20.3. The van der Waals surface area contributed by atoms with Crippen molar-refractivity contribution >= 4 is 5.91 Å². The van der Waals surface area contributed by atoms with Crippen LogP contribution in [-0.4, -0.2) is 26.8 Å². The molecule has 2 N–H and O–H groups in total. The first-order valence-corrected chi connectivity index (χ1v) is 13.1. The van der Waals surface area contributed by atoms with Gasteiger partial charge in [0.2, 0.25) is 0 Å². The molecule has 1 aromatic rings. The van der Waals surface area contributed by atoms with Crippen LogP contribution >= 0.6 is 0 Å². The number of carbonyl (C=O) groups is 1. The van der Waals surface area contributed by atoms with Crippen LogP contribution in [0.15, 0.2) is 0 Å². The van der Waals surface area contributed by atoms with E-state index < -0.39 is 6.10 Å². The summed E-state index contributed by atoms with van der Waals surface area (Å²) in [5.41, 5.74) is 2.89. The van der Waals surface area contributed by atoms with E-state index in [4.69, 9.17) is 5.10 Å². The maximum atomic E-state index is 13.6. The van der Waals surface area contributed by atoms with E-state index in [0.717, 1.165) is 61.1 Å². The van der Waals surface area contributed by atoms with Crippen molar-refractivity contribution in [1.82, 2.24) is 15.1 Å². The zero-order valence-corrected chi connectivity index (χ0v) is 19.1. The molecule has 4 bridgehead atoms. The Morgan fingerprint density at radius 2 is 1.68 bits per heavy atom. The van der Waals surface area contributed by atoms with Crippen molar-refractivity contribution in [3.05, 3.63) is 17.0 Å². The summed E-state index contributed by atoms with van der Waals surface area (Å²) in [6.45, 7) is 2.25. The van der Waals surface area contributed by atoms with Crippen LogP contribution in [-0.2, 0) is 6.42 Å². The summed E-state index contributed by atoms with van der Waals surface area (Å²) in [7, 11) is 0. The zero-order valence-electron chi connectivity index (χ0n) is 19.1. The van der Waals surface area contributed by atoms with E-state index >= 15 is 0 Å². The smallest absolute Gasteiger partial charge is 0.272 e. The molecule has 5 nitrogen and oxygen atoms in total. The first-order valence-electron chi connectivity index (χ1n) is 13.1. The van der Waals surface area contributed by atoms with Crippen molar-refractivity contribution < 1.29 is 9.90 Å². The molecule has 31 heavy (non-hydrogen) atoms. The van der Waals surface area contributed by atoms with Gasteiger partial charge < -0.3 is 10.4 Å². The van der Waals surface area contributed by atoms with Gasteiger partial charge in [-0.25, -0.2) is 0 Å². The van der Waals surface area contributed by atoms with Gasteiger partial charge in [0.1, 0.15) is 0 Å². The molecule has 6 aliphatic rings. The van der Waals surface area contributed by atoms with Crippen LogP contribution < -0.4 is 5.32 Å². The van der Waals surface area contributed by atoms with Gasteiger partial charge in [-0.1, -0.05) is 19.3 Å². The van der Waals surface area contributed by atoms with Gasteiger partial charge in [-0.15, -0.1) is 0 Å². The molecular formula is C26H39N3O2. The van der Waals surface area contributed by atoms with Gasteiger partial charge in [-0.05, 0) is 101 Å². The molecule has 5 saturated carbocycles. The van der Waals surface area contributed by atoms with E-state index in [1.165, 1.54) is 57.8 Å². The van der Waals surface area contributed by atoms with E-state index in [9.17, 15) is 9.90 Å². The molecular weight excluding hydrogens is 386 g/mol. The van der Waals surface area contributed by atoms with Crippen LogP contribution in [0.2, 0.25) is 0 Å². The summed E-state index contributed by atoms with van der Waals surface area (Å²) >= 11 is 0. The van der Waals surface area contributed by atoms with Crippen molar-refractivity contribution in [3.63, 3.8) is 0 Å². The molecule has 0 saturated heterocycles. The maximum Gasteiger partial charge on any atom is 0.272 e. The molecule has 2 atom stereocenters. The second-order valence-corrected chi connectivity index (χ2v) is 11.8. The van der Waals surface area contributed by atoms with Crippen molar-refractivity contribution in [3.8, 4) is 0 Å². The minimum atomic E-state index is -0.472. The molecule has 170 valence electrons. The third-order valence-corrected chi connectivity index (χ3v) is 9.76. The van der Waals surface area contributed by atoms with Gasteiger partial charge in [-0.3, -0.25) is 9.48 Å². The Kier molecular flexibility index (Phi) is 4.97. The molecule has 1 amide bonds. The molecule has 2 unspecified atom stereocenters. The SMILES string of the molecule is CC(NC(=O)c1nn(C2CCCCC2)c2c1CCCC2O)C12CC3CC(CC(C3)C1)C2. The summed E-state index contributed by atoms with van der Waals surface area (Å²) in [5.74, 6) is 2.67. The number of nitrogens with zero attached hydrogens (tertiary/aromatic N) is 2. The lowest BCUT2D eigenvalue weighted by Crippen LogP contribution is -2.55. The van der Waals surface area contributed by atoms with Gasteiger partial charge in [0, 0.05) is 11.6 Å². The van der Waals surface area contributed by atoms with Gasteiger partial charge >= 0.3 is 0 Å². The van der Waals surface area contributed by atoms with Crippen LogP contribution in [0.3, 0.4) is 0 Å². The highest BCUT2D eigenvalue weighted by Crippen LogP contribution is 2.61. The van der Waals surface area contributed by atoms with E-state index in [1.807, 2.05) is 0 Å². The Morgan fingerprint density at radius 1 is 1.03 bits per heavy atom. The Labute approximate surface area is 186 Å². The predicted molar refractivity (Wildman–Crippen MR) is 120 cm³/mol. The van der Waals surface area contributed by atoms with E-state index in [2.05, 4.69) is 16.9 Å². The average Bonchev–Trinajstić information content (AvgIpc) is 3.15. The fraction of sp³-hybridized carbons (Fsp3) is 0.846. The van der Waals surface area contributed by atoms with Gasteiger partial charge in [-0.2, -0.15) is 5.10 Å². The number of fused-ring (bicyclic) bond motifs is 1. The lowest BCUT2D eigenvalue weighted by Gasteiger charge is -2.59. The molecule has 0 radical (unpaired) electrons. The number of amides is 1. The Balaban J connectivity index is 1.26. The average molecular weight is 426 g/mol. The lowest BCUT2D eigenvalue weighted by atomic mass is 9.48. The van der Waals surface area contributed by atoms with E-state index in [-0.39, 0.29) is 11.9 Å². The maximum absolute atomic E-state index is 13.6. The molecule has 1 heterocycles.